The van der Waals surface area contributed by atoms with Crippen LogP contribution in [0.2, 0.25) is 0 Å². The highest BCUT2D eigenvalue weighted by Gasteiger charge is 2.16. The molecule has 0 spiro atoms. The van der Waals surface area contributed by atoms with Crippen molar-refractivity contribution in [2.75, 3.05) is 6.54 Å². The summed E-state index contributed by atoms with van der Waals surface area (Å²) in [6.45, 7) is 5.28. The van der Waals surface area contributed by atoms with Gasteiger partial charge in [-0.05, 0) is 32.6 Å². The fraction of sp³-hybridized carbons (Fsp3) is 0.667. The van der Waals surface area contributed by atoms with Crippen molar-refractivity contribution < 1.29 is 4.52 Å². The molecule has 0 radical (unpaired) electrons. The van der Waals surface area contributed by atoms with Gasteiger partial charge in [-0.25, -0.2) is 4.99 Å². The van der Waals surface area contributed by atoms with E-state index in [0.29, 0.717) is 12.5 Å². The minimum absolute atomic E-state index is 0.511. The number of hydrogen-bond acceptors (Lipinski definition) is 3. The average Bonchev–Trinajstić information content (AvgIpc) is 2.54. The molecule has 5 heteroatoms. The van der Waals surface area contributed by atoms with Crippen molar-refractivity contribution in [2.24, 2.45) is 16.6 Å². The highest BCUT2D eigenvalue weighted by Crippen LogP contribution is 2.25. The lowest BCUT2D eigenvalue weighted by molar-refractivity contribution is 0.315. The predicted octanol–water partition coefficient (Wildman–Crippen LogP) is 1.50. The molecule has 0 amide bonds. The lowest BCUT2D eigenvalue weighted by atomic mass is 9.85. The fourth-order valence-corrected chi connectivity index (χ4v) is 1.89. The van der Waals surface area contributed by atoms with E-state index in [1.165, 1.54) is 19.3 Å². The van der Waals surface area contributed by atoms with Crippen LogP contribution < -0.4 is 11.1 Å². The zero-order chi connectivity index (χ0) is 12.3. The number of guanidine groups is 1. The fourth-order valence-electron chi connectivity index (χ4n) is 1.89. The summed E-state index contributed by atoms with van der Waals surface area (Å²) in [4.78, 5) is 4.30. The normalized spacial score (nSPS) is 16.9. The van der Waals surface area contributed by atoms with E-state index >= 15 is 0 Å². The van der Waals surface area contributed by atoms with E-state index in [2.05, 4.69) is 15.5 Å². The molecule has 1 saturated carbocycles. The number of aliphatic imine (C=N–C) groups is 1. The topological polar surface area (TPSA) is 76.4 Å². The number of nitrogens with two attached hydrogens (primary N) is 1. The molecular weight excluding hydrogens is 216 g/mol. The zero-order valence-electron chi connectivity index (χ0n) is 10.5. The second kappa shape index (κ2) is 5.21. The van der Waals surface area contributed by atoms with Crippen LogP contribution in [0.3, 0.4) is 0 Å². The van der Waals surface area contributed by atoms with Crippen LogP contribution in [0.1, 0.15) is 36.3 Å². The number of nitrogens with zero attached hydrogens (tertiary/aromatic N) is 2. The molecule has 2 rings (SSSR count). The molecular formula is C12H20N4O. The van der Waals surface area contributed by atoms with Gasteiger partial charge < -0.3 is 15.6 Å². The molecule has 0 saturated heterocycles. The maximum Gasteiger partial charge on any atom is 0.188 e. The Balaban J connectivity index is 1.82. The first-order valence-corrected chi connectivity index (χ1v) is 6.12. The first kappa shape index (κ1) is 12.0. The van der Waals surface area contributed by atoms with Gasteiger partial charge in [0.2, 0.25) is 0 Å². The Bertz CT molecular complexity index is 387. The predicted molar refractivity (Wildman–Crippen MR) is 66.6 cm³/mol. The van der Waals surface area contributed by atoms with Crippen LogP contribution in [-0.4, -0.2) is 17.7 Å². The maximum absolute atomic E-state index is 5.81. The van der Waals surface area contributed by atoms with Crippen LogP contribution in [-0.2, 0) is 6.54 Å². The summed E-state index contributed by atoms with van der Waals surface area (Å²) in [6.07, 6.45) is 3.97. The van der Waals surface area contributed by atoms with Gasteiger partial charge in [0.1, 0.15) is 5.76 Å². The molecule has 5 nitrogen and oxygen atoms in total. The van der Waals surface area contributed by atoms with E-state index in [1.807, 2.05) is 13.8 Å². The Morgan fingerprint density at radius 1 is 1.53 bits per heavy atom. The molecule has 0 aromatic carbocycles. The lowest BCUT2D eigenvalue weighted by Crippen LogP contribution is -2.37. The summed E-state index contributed by atoms with van der Waals surface area (Å²) in [5.74, 6) is 2.11. The average molecular weight is 236 g/mol. The second-order valence-corrected chi connectivity index (χ2v) is 4.68. The van der Waals surface area contributed by atoms with E-state index in [0.717, 1.165) is 29.5 Å². The standard InChI is InChI=1S/C12H20N4O/c1-8-11(9(2)17-16-8)7-15-12(13)14-6-10-4-3-5-10/h10H,3-7H2,1-2H3,(H3,13,14,15). The van der Waals surface area contributed by atoms with E-state index in [1.54, 1.807) is 0 Å². The van der Waals surface area contributed by atoms with Gasteiger partial charge in [0.05, 0.1) is 12.2 Å². The summed E-state index contributed by atoms with van der Waals surface area (Å²) in [7, 11) is 0. The number of nitrogens with one attached hydrogen (secondary N) is 1. The van der Waals surface area contributed by atoms with Crippen molar-refractivity contribution in [2.45, 2.75) is 39.7 Å². The van der Waals surface area contributed by atoms with Crippen molar-refractivity contribution in [1.29, 1.82) is 0 Å². The van der Waals surface area contributed by atoms with Crippen LogP contribution in [0.4, 0.5) is 0 Å². The minimum Gasteiger partial charge on any atom is -0.370 e. The summed E-state index contributed by atoms with van der Waals surface area (Å²) in [6, 6.07) is 0. The molecule has 0 bridgehead atoms. The van der Waals surface area contributed by atoms with Crippen LogP contribution in [0.5, 0.6) is 0 Å². The van der Waals surface area contributed by atoms with E-state index < -0.39 is 0 Å². The summed E-state index contributed by atoms with van der Waals surface area (Å²) in [5.41, 5.74) is 7.72. The Kier molecular flexibility index (Phi) is 3.66. The first-order valence-electron chi connectivity index (χ1n) is 6.12. The smallest absolute Gasteiger partial charge is 0.188 e. The third-order valence-electron chi connectivity index (χ3n) is 3.39. The SMILES string of the molecule is Cc1noc(C)c1CN=C(N)NCC1CCC1. The van der Waals surface area contributed by atoms with Crippen LogP contribution in [0, 0.1) is 19.8 Å². The molecule has 17 heavy (non-hydrogen) atoms. The first-order chi connectivity index (χ1) is 8.16. The molecule has 0 unspecified atom stereocenters. The van der Waals surface area contributed by atoms with Crippen LogP contribution in [0.25, 0.3) is 0 Å². The highest BCUT2D eigenvalue weighted by atomic mass is 16.5. The number of hydrogen-bond donors (Lipinski definition) is 2. The van der Waals surface area contributed by atoms with Gasteiger partial charge in [-0.2, -0.15) is 0 Å². The van der Waals surface area contributed by atoms with Crippen LogP contribution >= 0.6 is 0 Å². The molecule has 94 valence electrons. The summed E-state index contributed by atoms with van der Waals surface area (Å²) >= 11 is 0. The van der Waals surface area contributed by atoms with Gasteiger partial charge in [-0.1, -0.05) is 11.6 Å². The third kappa shape index (κ3) is 2.99. The Labute approximate surface area is 101 Å². The Hall–Kier alpha value is -1.52. The van der Waals surface area contributed by atoms with Gasteiger partial charge in [0.25, 0.3) is 0 Å². The van der Waals surface area contributed by atoms with Crippen molar-refractivity contribution in [1.82, 2.24) is 10.5 Å². The van der Waals surface area contributed by atoms with Gasteiger partial charge >= 0.3 is 0 Å². The van der Waals surface area contributed by atoms with Gasteiger partial charge in [-0.15, -0.1) is 0 Å². The van der Waals surface area contributed by atoms with Crippen LogP contribution in [0.15, 0.2) is 9.52 Å². The van der Waals surface area contributed by atoms with Gasteiger partial charge in [0, 0.05) is 12.1 Å². The van der Waals surface area contributed by atoms with E-state index in [9.17, 15) is 0 Å². The highest BCUT2D eigenvalue weighted by molar-refractivity contribution is 5.77. The number of aryl methyl sites for hydroxylation is 2. The lowest BCUT2D eigenvalue weighted by Gasteiger charge is -2.25. The molecule has 0 aliphatic heterocycles. The van der Waals surface area contributed by atoms with Crippen molar-refractivity contribution in [3.8, 4) is 0 Å². The molecule has 1 heterocycles. The Morgan fingerprint density at radius 3 is 2.82 bits per heavy atom. The summed E-state index contributed by atoms with van der Waals surface area (Å²) < 4.78 is 5.07. The maximum atomic E-state index is 5.81. The third-order valence-corrected chi connectivity index (χ3v) is 3.39. The second-order valence-electron chi connectivity index (χ2n) is 4.68. The molecule has 0 atom stereocenters. The monoisotopic (exact) mass is 236 g/mol. The van der Waals surface area contributed by atoms with Crippen molar-refractivity contribution in [3.63, 3.8) is 0 Å². The molecule has 1 aromatic rings. The Morgan fingerprint density at radius 2 is 2.29 bits per heavy atom. The van der Waals surface area contributed by atoms with Gasteiger partial charge in [0.15, 0.2) is 5.96 Å². The minimum atomic E-state index is 0.511. The van der Waals surface area contributed by atoms with Crippen molar-refractivity contribution in [3.05, 3.63) is 17.0 Å². The molecule has 1 aliphatic rings. The molecule has 1 fully saturated rings. The quantitative estimate of drug-likeness (QED) is 0.613. The van der Waals surface area contributed by atoms with E-state index in [-0.39, 0.29) is 0 Å². The molecule has 1 aliphatic carbocycles. The number of aromatic nitrogens is 1. The largest absolute Gasteiger partial charge is 0.370 e. The van der Waals surface area contributed by atoms with Gasteiger partial charge in [-0.3, -0.25) is 0 Å². The molecule has 1 aromatic heterocycles. The van der Waals surface area contributed by atoms with Crippen molar-refractivity contribution >= 4 is 5.96 Å². The summed E-state index contributed by atoms with van der Waals surface area (Å²) in [5, 5.41) is 7.05. The number of rotatable bonds is 4. The molecule has 3 N–H and O–H groups in total. The zero-order valence-corrected chi connectivity index (χ0v) is 10.5. The van der Waals surface area contributed by atoms with E-state index in [4.69, 9.17) is 10.3 Å².